The van der Waals surface area contributed by atoms with Gasteiger partial charge in [-0.15, -0.1) is 11.3 Å². The summed E-state index contributed by atoms with van der Waals surface area (Å²) in [7, 11) is 0. The van der Waals surface area contributed by atoms with E-state index in [1.165, 1.54) is 22.2 Å². The number of amidine groups is 1. The Kier molecular flexibility index (Phi) is 3.95. The van der Waals surface area contributed by atoms with Gasteiger partial charge in [-0.1, -0.05) is 0 Å². The zero-order chi connectivity index (χ0) is 16.5. The van der Waals surface area contributed by atoms with Crippen LogP contribution < -0.4 is 5.32 Å². The van der Waals surface area contributed by atoms with Gasteiger partial charge in [0.25, 0.3) is 5.91 Å². The van der Waals surface area contributed by atoms with Crippen LogP contribution in [0.3, 0.4) is 0 Å². The van der Waals surface area contributed by atoms with E-state index in [0.717, 1.165) is 16.6 Å². The first-order chi connectivity index (χ1) is 11.7. The predicted molar refractivity (Wildman–Crippen MR) is 100.0 cm³/mol. The predicted octanol–water partition coefficient (Wildman–Crippen LogP) is 3.69. The van der Waals surface area contributed by atoms with Crippen LogP contribution in [0.4, 0.5) is 0 Å². The topological polar surface area (TPSA) is 70.1 Å². The quantitative estimate of drug-likeness (QED) is 0.704. The fourth-order valence-electron chi connectivity index (χ4n) is 2.46. The lowest BCUT2D eigenvalue weighted by molar-refractivity contribution is -0.113. The number of rotatable bonds is 3. The Morgan fingerprint density at radius 3 is 3.12 bits per heavy atom. The molecule has 3 aromatic heterocycles. The molecule has 5 nitrogen and oxygen atoms in total. The van der Waals surface area contributed by atoms with Crippen molar-refractivity contribution in [1.82, 2.24) is 15.3 Å². The largest absolute Gasteiger partial charge is 0.359 e. The fraction of sp³-hybridized carbons (Fsp3) is 0.118. The van der Waals surface area contributed by atoms with Crippen LogP contribution in [0.15, 0.2) is 45.9 Å². The lowest BCUT2D eigenvalue weighted by Gasteiger charge is -2.03. The van der Waals surface area contributed by atoms with E-state index in [4.69, 9.17) is 0 Å². The van der Waals surface area contributed by atoms with Gasteiger partial charge in [-0.2, -0.15) is 4.99 Å². The second-order valence-electron chi connectivity index (χ2n) is 5.36. The maximum Gasteiger partial charge on any atom is 0.286 e. The molecule has 0 bridgehead atoms. The number of thiophene rings is 1. The number of aromatic nitrogens is 2. The molecular weight excluding hydrogens is 340 g/mol. The molecule has 0 saturated heterocycles. The van der Waals surface area contributed by atoms with Crippen molar-refractivity contribution in [2.24, 2.45) is 4.99 Å². The van der Waals surface area contributed by atoms with E-state index >= 15 is 0 Å². The average Bonchev–Trinajstić information content (AvgIpc) is 3.27. The lowest BCUT2D eigenvalue weighted by atomic mass is 10.2. The van der Waals surface area contributed by atoms with Crippen molar-refractivity contribution < 1.29 is 4.79 Å². The van der Waals surface area contributed by atoms with Gasteiger partial charge >= 0.3 is 0 Å². The molecule has 1 aliphatic heterocycles. The highest BCUT2D eigenvalue weighted by Gasteiger charge is 2.22. The van der Waals surface area contributed by atoms with Gasteiger partial charge in [0.15, 0.2) is 5.17 Å². The molecule has 120 valence electrons. The van der Waals surface area contributed by atoms with E-state index < -0.39 is 0 Å². The molecule has 1 amide bonds. The van der Waals surface area contributed by atoms with E-state index in [1.807, 2.05) is 24.4 Å². The number of fused-ring (bicyclic) bond motifs is 1. The Labute approximate surface area is 146 Å². The summed E-state index contributed by atoms with van der Waals surface area (Å²) in [5, 5.41) is 6.95. The van der Waals surface area contributed by atoms with E-state index in [1.54, 1.807) is 17.5 Å². The van der Waals surface area contributed by atoms with Crippen LogP contribution in [0, 0.1) is 6.92 Å². The summed E-state index contributed by atoms with van der Waals surface area (Å²) in [6, 6.07) is 5.95. The third-order valence-corrected chi connectivity index (χ3v) is 5.72. The summed E-state index contributed by atoms with van der Waals surface area (Å²) in [5.74, 6) is -0.205. The third-order valence-electron chi connectivity index (χ3n) is 3.76. The van der Waals surface area contributed by atoms with Crippen molar-refractivity contribution >= 4 is 51.3 Å². The Hall–Kier alpha value is -2.38. The summed E-state index contributed by atoms with van der Waals surface area (Å²) >= 11 is 3.08. The van der Waals surface area contributed by atoms with E-state index in [2.05, 4.69) is 38.6 Å². The van der Waals surface area contributed by atoms with Gasteiger partial charge in [-0.25, -0.2) is 4.98 Å². The standard InChI is InChI=1S/C17H14N4OS2/c1-10-4-6-23-14(10)9-20-17-21-16(22)13(24-17)7-11-8-19-15-12(11)3-2-5-18-15/h2-8H,9H2,1H3,(H,18,19)(H,20,21,22)/b13-7-. The van der Waals surface area contributed by atoms with Crippen LogP contribution in [-0.2, 0) is 11.3 Å². The van der Waals surface area contributed by atoms with E-state index in [9.17, 15) is 4.79 Å². The Morgan fingerprint density at radius 2 is 2.29 bits per heavy atom. The molecule has 0 aliphatic carbocycles. The molecule has 7 heteroatoms. The van der Waals surface area contributed by atoms with Gasteiger partial charge in [0, 0.05) is 28.2 Å². The second-order valence-corrected chi connectivity index (χ2v) is 7.39. The van der Waals surface area contributed by atoms with Gasteiger partial charge in [-0.05, 0) is 53.9 Å². The molecule has 0 atom stereocenters. The minimum Gasteiger partial charge on any atom is -0.359 e. The smallest absolute Gasteiger partial charge is 0.286 e. The number of hydrogen-bond donors (Lipinski definition) is 2. The lowest BCUT2D eigenvalue weighted by Crippen LogP contribution is -2.17. The van der Waals surface area contributed by atoms with E-state index in [-0.39, 0.29) is 5.91 Å². The number of amides is 1. The van der Waals surface area contributed by atoms with Gasteiger partial charge in [0.1, 0.15) is 5.65 Å². The minimum absolute atomic E-state index is 0.205. The number of pyridine rings is 1. The Balaban J connectivity index is 1.50. The first-order valence-corrected chi connectivity index (χ1v) is 9.12. The number of aromatic amines is 1. The number of carbonyl (C=O) groups excluding carboxylic acids is 1. The first-order valence-electron chi connectivity index (χ1n) is 7.42. The number of carbonyl (C=O) groups is 1. The van der Waals surface area contributed by atoms with Crippen LogP contribution in [-0.4, -0.2) is 21.0 Å². The number of thioether (sulfide) groups is 1. The third kappa shape index (κ3) is 2.88. The molecule has 24 heavy (non-hydrogen) atoms. The second kappa shape index (κ2) is 6.26. The van der Waals surface area contributed by atoms with Gasteiger partial charge in [-0.3, -0.25) is 4.79 Å². The van der Waals surface area contributed by atoms with E-state index in [0.29, 0.717) is 16.6 Å². The van der Waals surface area contributed by atoms with Crippen molar-refractivity contribution in [2.45, 2.75) is 13.5 Å². The number of nitrogens with zero attached hydrogens (tertiary/aromatic N) is 2. The average molecular weight is 354 g/mol. The maximum absolute atomic E-state index is 12.1. The van der Waals surface area contributed by atoms with Gasteiger partial charge in [0.2, 0.25) is 0 Å². The normalized spacial score (nSPS) is 16.1. The SMILES string of the molecule is Cc1ccsc1CNC1=NC(=O)/C(=C/c2c[nH]c3ncccc23)S1. The highest BCUT2D eigenvalue weighted by molar-refractivity contribution is 8.18. The van der Waals surface area contributed by atoms with Crippen LogP contribution in [0.25, 0.3) is 17.1 Å². The number of aryl methyl sites for hydroxylation is 1. The van der Waals surface area contributed by atoms with Crippen molar-refractivity contribution in [3.8, 4) is 0 Å². The molecular formula is C17H14N4OS2. The number of nitrogens with one attached hydrogen (secondary N) is 2. The molecule has 3 aromatic rings. The van der Waals surface area contributed by atoms with Crippen molar-refractivity contribution in [3.05, 3.63) is 56.9 Å². The molecule has 0 radical (unpaired) electrons. The Morgan fingerprint density at radius 1 is 1.38 bits per heavy atom. The van der Waals surface area contributed by atoms with Crippen LogP contribution >= 0.6 is 23.1 Å². The Bertz CT molecular complexity index is 983. The highest BCUT2D eigenvalue weighted by Crippen LogP contribution is 2.29. The molecule has 1 aliphatic rings. The summed E-state index contributed by atoms with van der Waals surface area (Å²) in [5.41, 5.74) is 3.01. The van der Waals surface area contributed by atoms with Gasteiger partial charge in [0.05, 0.1) is 11.4 Å². The van der Waals surface area contributed by atoms with Crippen LogP contribution in [0.5, 0.6) is 0 Å². The summed E-state index contributed by atoms with van der Waals surface area (Å²) in [6.45, 7) is 2.77. The molecule has 0 unspecified atom stereocenters. The molecule has 0 fully saturated rings. The highest BCUT2D eigenvalue weighted by atomic mass is 32.2. The molecule has 2 N–H and O–H groups in total. The molecule has 0 aromatic carbocycles. The summed E-state index contributed by atoms with van der Waals surface area (Å²) in [6.07, 6.45) is 5.46. The molecule has 4 rings (SSSR count). The first kappa shape index (κ1) is 15.2. The van der Waals surface area contributed by atoms with Gasteiger partial charge < -0.3 is 10.3 Å². The molecule has 4 heterocycles. The van der Waals surface area contributed by atoms with Crippen molar-refractivity contribution in [1.29, 1.82) is 0 Å². The zero-order valence-electron chi connectivity index (χ0n) is 12.9. The molecule has 0 saturated carbocycles. The molecule has 0 spiro atoms. The van der Waals surface area contributed by atoms with Crippen molar-refractivity contribution in [3.63, 3.8) is 0 Å². The number of aliphatic imine (C=N–C) groups is 1. The minimum atomic E-state index is -0.205. The number of hydrogen-bond acceptors (Lipinski definition) is 5. The zero-order valence-corrected chi connectivity index (χ0v) is 14.5. The van der Waals surface area contributed by atoms with Crippen LogP contribution in [0.2, 0.25) is 0 Å². The summed E-state index contributed by atoms with van der Waals surface area (Å²) in [4.78, 5) is 25.5. The van der Waals surface area contributed by atoms with Crippen LogP contribution in [0.1, 0.15) is 16.0 Å². The fourth-order valence-corrected chi connectivity index (χ4v) is 4.11. The van der Waals surface area contributed by atoms with Crippen molar-refractivity contribution in [2.75, 3.05) is 0 Å². The summed E-state index contributed by atoms with van der Waals surface area (Å²) < 4.78 is 0. The number of H-pyrrole nitrogens is 1. The monoisotopic (exact) mass is 354 g/mol. The maximum atomic E-state index is 12.1.